The summed E-state index contributed by atoms with van der Waals surface area (Å²) in [6.07, 6.45) is 6.36. The van der Waals surface area contributed by atoms with Crippen molar-refractivity contribution in [1.29, 1.82) is 0 Å². The van der Waals surface area contributed by atoms with Crippen molar-refractivity contribution >= 4 is 40.0 Å². The number of fused-ring (bicyclic) bond motifs is 1. The fourth-order valence-electron chi connectivity index (χ4n) is 3.43. The number of rotatable bonds is 3. The highest BCUT2D eigenvalue weighted by molar-refractivity contribution is 7.98. The summed E-state index contributed by atoms with van der Waals surface area (Å²) in [6, 6.07) is 8.58. The Labute approximate surface area is 150 Å². The third-order valence-corrected chi connectivity index (χ3v) is 6.72. The molecular weight excluding hydrogens is 338 g/mol. The van der Waals surface area contributed by atoms with E-state index in [2.05, 4.69) is 40.7 Å². The zero-order valence-corrected chi connectivity index (χ0v) is 15.4. The van der Waals surface area contributed by atoms with E-state index in [0.717, 1.165) is 24.0 Å². The Morgan fingerprint density at radius 3 is 2.67 bits per heavy atom. The normalized spacial score (nSPS) is 20.6. The highest BCUT2D eigenvalue weighted by Gasteiger charge is 2.31. The van der Waals surface area contributed by atoms with E-state index < -0.39 is 0 Å². The number of carbonyl (C=O) groups excluding carboxylic acids is 1. The van der Waals surface area contributed by atoms with E-state index in [1.807, 2.05) is 0 Å². The summed E-state index contributed by atoms with van der Waals surface area (Å²) in [6.45, 7) is 2.15. The molecule has 0 bridgehead atoms. The minimum Gasteiger partial charge on any atom is -0.348 e. The lowest BCUT2D eigenvalue weighted by Gasteiger charge is -2.25. The van der Waals surface area contributed by atoms with Crippen LogP contribution < -0.4 is 10.2 Å². The number of benzene rings is 1. The van der Waals surface area contributed by atoms with Crippen LogP contribution in [0.1, 0.15) is 42.0 Å². The molecule has 1 atom stereocenters. The van der Waals surface area contributed by atoms with Crippen LogP contribution in [0.4, 0.5) is 10.9 Å². The molecular formula is C18H21N3OS2. The monoisotopic (exact) mass is 359 g/mol. The first kappa shape index (κ1) is 16.0. The van der Waals surface area contributed by atoms with E-state index in [-0.39, 0.29) is 11.8 Å². The van der Waals surface area contributed by atoms with Gasteiger partial charge in [0, 0.05) is 30.3 Å². The molecule has 0 radical (unpaired) electrons. The average Bonchev–Trinajstić information content (AvgIpc) is 3.06. The van der Waals surface area contributed by atoms with E-state index >= 15 is 0 Å². The molecule has 1 amide bonds. The molecule has 126 valence electrons. The Morgan fingerprint density at radius 2 is 1.96 bits per heavy atom. The molecule has 0 spiro atoms. The molecule has 4 rings (SSSR count). The van der Waals surface area contributed by atoms with Crippen molar-refractivity contribution in [1.82, 2.24) is 4.98 Å². The Morgan fingerprint density at radius 1 is 1.21 bits per heavy atom. The van der Waals surface area contributed by atoms with Gasteiger partial charge in [0.15, 0.2) is 5.13 Å². The standard InChI is InChI=1S/C18H21N3OS2/c1-23-13-7-5-12(6-8-13)14-11-15(22)19-17-16(14)24-18(20-17)21-9-3-2-4-10-21/h5-8,14H,2-4,9-11H2,1H3,(H,19,22)/t14-/m1/s1. The first-order valence-electron chi connectivity index (χ1n) is 8.44. The zero-order valence-electron chi connectivity index (χ0n) is 13.7. The summed E-state index contributed by atoms with van der Waals surface area (Å²) < 4.78 is 0. The highest BCUT2D eigenvalue weighted by atomic mass is 32.2. The van der Waals surface area contributed by atoms with Gasteiger partial charge in [-0.15, -0.1) is 11.8 Å². The third-order valence-electron chi connectivity index (χ3n) is 4.75. The number of hydrogen-bond acceptors (Lipinski definition) is 5. The second-order valence-corrected chi connectivity index (χ2v) is 8.22. The van der Waals surface area contributed by atoms with Crippen molar-refractivity contribution in [3.63, 3.8) is 0 Å². The fraction of sp³-hybridized carbons (Fsp3) is 0.444. The number of thiazole rings is 1. The number of nitrogens with one attached hydrogen (secondary N) is 1. The van der Waals surface area contributed by atoms with Gasteiger partial charge in [0.25, 0.3) is 0 Å². The number of carbonyl (C=O) groups is 1. The first-order chi connectivity index (χ1) is 11.7. The van der Waals surface area contributed by atoms with Gasteiger partial charge in [-0.1, -0.05) is 23.5 Å². The van der Waals surface area contributed by atoms with E-state index in [9.17, 15) is 4.79 Å². The lowest BCUT2D eigenvalue weighted by molar-refractivity contribution is -0.116. The van der Waals surface area contributed by atoms with Crippen molar-refractivity contribution in [2.24, 2.45) is 0 Å². The maximum Gasteiger partial charge on any atom is 0.226 e. The van der Waals surface area contributed by atoms with Gasteiger partial charge in [-0.05, 0) is 43.2 Å². The lowest BCUT2D eigenvalue weighted by atomic mass is 9.92. The highest BCUT2D eigenvalue weighted by Crippen LogP contribution is 2.43. The Kier molecular flexibility index (Phi) is 4.50. The van der Waals surface area contributed by atoms with Crippen molar-refractivity contribution < 1.29 is 4.79 Å². The quantitative estimate of drug-likeness (QED) is 0.829. The SMILES string of the molecule is CSc1ccc([C@H]2CC(=O)Nc3nc(N4CCCCC4)sc32)cc1. The van der Waals surface area contributed by atoms with Crippen LogP contribution in [-0.2, 0) is 4.79 Å². The summed E-state index contributed by atoms with van der Waals surface area (Å²) in [7, 11) is 0. The second kappa shape index (κ2) is 6.76. The molecule has 1 N–H and O–H groups in total. The second-order valence-electron chi connectivity index (χ2n) is 6.34. The van der Waals surface area contributed by atoms with Crippen LogP contribution in [0.3, 0.4) is 0 Å². The van der Waals surface area contributed by atoms with Crippen molar-refractivity contribution in [3.05, 3.63) is 34.7 Å². The maximum absolute atomic E-state index is 12.2. The van der Waals surface area contributed by atoms with Gasteiger partial charge in [-0.3, -0.25) is 4.79 Å². The molecule has 0 saturated carbocycles. The van der Waals surface area contributed by atoms with Crippen LogP contribution in [0.5, 0.6) is 0 Å². The number of amides is 1. The molecule has 1 aromatic carbocycles. The summed E-state index contributed by atoms with van der Waals surface area (Å²) in [5, 5.41) is 4.03. The van der Waals surface area contributed by atoms with Gasteiger partial charge in [0.1, 0.15) is 5.82 Å². The minimum absolute atomic E-state index is 0.0666. The predicted octanol–water partition coefficient (Wildman–Crippen LogP) is 4.33. The van der Waals surface area contributed by atoms with Gasteiger partial charge in [-0.25, -0.2) is 4.98 Å². The number of aromatic nitrogens is 1. The van der Waals surface area contributed by atoms with Gasteiger partial charge >= 0.3 is 0 Å². The number of nitrogens with zero attached hydrogens (tertiary/aromatic N) is 2. The number of piperidine rings is 1. The molecule has 3 heterocycles. The maximum atomic E-state index is 12.2. The van der Waals surface area contributed by atoms with Crippen LogP contribution in [0.25, 0.3) is 0 Å². The van der Waals surface area contributed by atoms with E-state index in [4.69, 9.17) is 4.98 Å². The summed E-state index contributed by atoms with van der Waals surface area (Å²) >= 11 is 3.49. The van der Waals surface area contributed by atoms with Crippen LogP contribution >= 0.6 is 23.1 Å². The number of hydrogen-bond donors (Lipinski definition) is 1. The van der Waals surface area contributed by atoms with Crippen molar-refractivity contribution in [2.45, 2.75) is 36.5 Å². The van der Waals surface area contributed by atoms with Crippen LogP contribution in [0.15, 0.2) is 29.2 Å². The molecule has 4 nitrogen and oxygen atoms in total. The van der Waals surface area contributed by atoms with E-state index in [1.54, 1.807) is 23.1 Å². The first-order valence-corrected chi connectivity index (χ1v) is 10.5. The smallest absolute Gasteiger partial charge is 0.226 e. The molecule has 2 aliphatic heterocycles. The molecule has 0 aliphatic carbocycles. The lowest BCUT2D eigenvalue weighted by Crippen LogP contribution is -2.29. The van der Waals surface area contributed by atoms with Crippen LogP contribution in [0, 0.1) is 0 Å². The summed E-state index contributed by atoms with van der Waals surface area (Å²) in [4.78, 5) is 21.7. The number of anilines is 2. The molecule has 24 heavy (non-hydrogen) atoms. The topological polar surface area (TPSA) is 45.2 Å². The van der Waals surface area contributed by atoms with E-state index in [0.29, 0.717) is 6.42 Å². The molecule has 1 saturated heterocycles. The summed E-state index contributed by atoms with van der Waals surface area (Å²) in [5.41, 5.74) is 1.21. The van der Waals surface area contributed by atoms with Gasteiger partial charge in [0.05, 0.1) is 4.88 Å². The van der Waals surface area contributed by atoms with Crippen LogP contribution in [-0.4, -0.2) is 30.2 Å². The molecule has 6 heteroatoms. The van der Waals surface area contributed by atoms with Crippen molar-refractivity contribution in [3.8, 4) is 0 Å². The average molecular weight is 360 g/mol. The minimum atomic E-state index is 0.0666. The van der Waals surface area contributed by atoms with Gasteiger partial charge in [0.2, 0.25) is 5.91 Å². The van der Waals surface area contributed by atoms with E-state index in [1.165, 1.54) is 34.6 Å². The predicted molar refractivity (Wildman–Crippen MR) is 101 cm³/mol. The zero-order chi connectivity index (χ0) is 16.5. The molecule has 2 aromatic rings. The summed E-state index contributed by atoms with van der Waals surface area (Å²) in [5.74, 6) is 0.966. The Balaban J connectivity index is 1.67. The fourth-order valence-corrected chi connectivity index (χ4v) is 5.04. The molecule has 1 fully saturated rings. The van der Waals surface area contributed by atoms with Crippen molar-refractivity contribution in [2.75, 3.05) is 29.6 Å². The molecule has 2 aliphatic rings. The largest absolute Gasteiger partial charge is 0.348 e. The molecule has 1 aromatic heterocycles. The number of thioether (sulfide) groups is 1. The van der Waals surface area contributed by atoms with Crippen LogP contribution in [0.2, 0.25) is 0 Å². The third kappa shape index (κ3) is 3.05. The van der Waals surface area contributed by atoms with Gasteiger partial charge in [-0.2, -0.15) is 0 Å². The molecule has 0 unspecified atom stereocenters. The van der Waals surface area contributed by atoms with Gasteiger partial charge < -0.3 is 10.2 Å². The Bertz CT molecular complexity index is 735. The Hall–Kier alpha value is -1.53.